The van der Waals surface area contributed by atoms with Crippen LogP contribution in [0.15, 0.2) is 45.7 Å². The van der Waals surface area contributed by atoms with Gasteiger partial charge in [0.25, 0.3) is 12.3 Å². The molecule has 1 aromatic carbocycles. The van der Waals surface area contributed by atoms with E-state index in [0.29, 0.717) is 23.2 Å². The van der Waals surface area contributed by atoms with Crippen LogP contribution in [-0.2, 0) is 6.54 Å². The Hall–Kier alpha value is -3.56. The summed E-state index contributed by atoms with van der Waals surface area (Å²) >= 11 is 0. The van der Waals surface area contributed by atoms with Gasteiger partial charge in [-0.1, -0.05) is 19.1 Å². The van der Waals surface area contributed by atoms with Crippen molar-refractivity contribution in [1.82, 2.24) is 24.5 Å². The largest absolute Gasteiger partial charge is 0.420 e. The highest BCUT2D eigenvalue weighted by atomic mass is 19.3. The topological polar surface area (TPSA) is 94.4 Å². The van der Waals surface area contributed by atoms with Crippen molar-refractivity contribution in [2.24, 2.45) is 0 Å². The molecule has 32 heavy (non-hydrogen) atoms. The number of alkyl halides is 2. The van der Waals surface area contributed by atoms with Gasteiger partial charge in [0.1, 0.15) is 11.3 Å². The van der Waals surface area contributed by atoms with Crippen molar-refractivity contribution in [3.63, 3.8) is 0 Å². The SMILES string of the molecule is CC[C@H](Cn1c(=O)oc2ccccc21)NC(=O)c1cnn2c(C(F)F)cc(C3CC3)nc12. The smallest absolute Gasteiger partial charge is 0.408 e. The van der Waals surface area contributed by atoms with Gasteiger partial charge in [-0.05, 0) is 37.5 Å². The standard InChI is InChI=1S/C22H21F2N5O3/c1-2-13(11-28-16-5-3-4-6-18(16)32-22(28)31)26-21(30)14-10-25-29-17(19(23)24)9-15(12-7-8-12)27-20(14)29/h3-6,9-10,12-13,19H,2,7-8,11H2,1H3,(H,26,30)/t13-/m1/s1. The summed E-state index contributed by atoms with van der Waals surface area (Å²) in [6, 6.07) is 8.03. The van der Waals surface area contributed by atoms with E-state index in [1.807, 2.05) is 6.92 Å². The summed E-state index contributed by atoms with van der Waals surface area (Å²) in [5.74, 6) is -0.839. The third-order valence-electron chi connectivity index (χ3n) is 5.79. The number of nitrogens with zero attached hydrogens (tertiary/aromatic N) is 4. The Kier molecular flexibility index (Phi) is 4.99. The molecular formula is C22H21F2N5O3. The summed E-state index contributed by atoms with van der Waals surface area (Å²) in [5, 5.41) is 6.87. The van der Waals surface area contributed by atoms with Crippen LogP contribution in [0, 0.1) is 0 Å². The number of nitrogens with one attached hydrogen (secondary N) is 1. The molecule has 0 radical (unpaired) electrons. The minimum Gasteiger partial charge on any atom is -0.408 e. The number of oxazole rings is 1. The van der Waals surface area contributed by atoms with E-state index in [1.54, 1.807) is 24.3 Å². The molecule has 3 aromatic heterocycles. The van der Waals surface area contributed by atoms with Crippen molar-refractivity contribution in [3.8, 4) is 0 Å². The van der Waals surface area contributed by atoms with Crippen LogP contribution in [0.3, 0.4) is 0 Å². The number of aromatic nitrogens is 4. The minimum absolute atomic E-state index is 0.114. The van der Waals surface area contributed by atoms with Gasteiger partial charge in [0.05, 0.1) is 11.7 Å². The Labute approximate surface area is 180 Å². The first kappa shape index (κ1) is 20.3. The molecule has 1 atom stereocenters. The Morgan fingerprint density at radius 3 is 2.81 bits per heavy atom. The molecule has 1 aliphatic rings. The average Bonchev–Trinajstić information content (AvgIpc) is 3.47. The van der Waals surface area contributed by atoms with Gasteiger partial charge in [-0.3, -0.25) is 9.36 Å². The molecule has 1 aliphatic carbocycles. The number of hydrogen-bond donors (Lipinski definition) is 1. The van der Waals surface area contributed by atoms with Crippen molar-refractivity contribution in [2.75, 3.05) is 0 Å². The second-order valence-corrected chi connectivity index (χ2v) is 8.00. The number of carbonyl (C=O) groups is 1. The molecule has 5 rings (SSSR count). The zero-order chi connectivity index (χ0) is 22.4. The predicted octanol–water partition coefficient (Wildman–Crippen LogP) is 3.66. The molecule has 10 heteroatoms. The number of amides is 1. The van der Waals surface area contributed by atoms with E-state index >= 15 is 0 Å². The highest BCUT2D eigenvalue weighted by Gasteiger charge is 2.29. The molecule has 3 heterocycles. The Morgan fingerprint density at radius 1 is 1.31 bits per heavy atom. The number of rotatable bonds is 7. The number of benzene rings is 1. The number of hydrogen-bond acceptors (Lipinski definition) is 5. The Bertz CT molecular complexity index is 1370. The second kappa shape index (κ2) is 7.85. The predicted molar refractivity (Wildman–Crippen MR) is 112 cm³/mol. The molecule has 0 unspecified atom stereocenters. The lowest BCUT2D eigenvalue weighted by Gasteiger charge is -2.17. The maximum Gasteiger partial charge on any atom is 0.420 e. The quantitative estimate of drug-likeness (QED) is 0.472. The molecule has 1 fully saturated rings. The zero-order valence-electron chi connectivity index (χ0n) is 17.3. The molecule has 1 saturated carbocycles. The molecule has 166 valence electrons. The molecule has 0 bridgehead atoms. The summed E-state index contributed by atoms with van der Waals surface area (Å²) in [6.45, 7) is 2.09. The summed E-state index contributed by atoms with van der Waals surface area (Å²) < 4.78 is 34.9. The molecule has 4 aromatic rings. The van der Waals surface area contributed by atoms with Crippen molar-refractivity contribution >= 4 is 22.7 Å². The first-order valence-corrected chi connectivity index (χ1v) is 10.5. The van der Waals surface area contributed by atoms with E-state index in [1.165, 1.54) is 16.8 Å². The first-order valence-electron chi connectivity index (χ1n) is 10.5. The highest BCUT2D eigenvalue weighted by molar-refractivity contribution is 5.99. The van der Waals surface area contributed by atoms with Crippen LogP contribution in [0.4, 0.5) is 8.78 Å². The van der Waals surface area contributed by atoms with Gasteiger partial charge in [0.15, 0.2) is 11.2 Å². The number of carbonyl (C=O) groups excluding carboxylic acids is 1. The lowest BCUT2D eigenvalue weighted by molar-refractivity contribution is 0.0932. The number of halogens is 2. The van der Waals surface area contributed by atoms with E-state index in [9.17, 15) is 18.4 Å². The lowest BCUT2D eigenvalue weighted by atomic mass is 10.2. The fourth-order valence-electron chi connectivity index (χ4n) is 3.86. The number of para-hydroxylation sites is 2. The van der Waals surface area contributed by atoms with Crippen LogP contribution in [0.25, 0.3) is 16.7 Å². The third kappa shape index (κ3) is 3.55. The van der Waals surface area contributed by atoms with Crippen LogP contribution < -0.4 is 11.1 Å². The van der Waals surface area contributed by atoms with Gasteiger partial charge in [-0.25, -0.2) is 23.1 Å². The molecule has 0 saturated heterocycles. The van der Waals surface area contributed by atoms with Crippen LogP contribution >= 0.6 is 0 Å². The van der Waals surface area contributed by atoms with Crippen molar-refractivity contribution in [2.45, 2.75) is 51.1 Å². The summed E-state index contributed by atoms with van der Waals surface area (Å²) in [4.78, 5) is 29.8. The minimum atomic E-state index is -2.74. The monoisotopic (exact) mass is 441 g/mol. The van der Waals surface area contributed by atoms with Crippen LogP contribution in [-0.4, -0.2) is 31.1 Å². The van der Waals surface area contributed by atoms with Crippen LogP contribution in [0.2, 0.25) is 0 Å². The van der Waals surface area contributed by atoms with Gasteiger partial charge in [-0.2, -0.15) is 5.10 Å². The van der Waals surface area contributed by atoms with Gasteiger partial charge in [0, 0.05) is 24.2 Å². The third-order valence-corrected chi connectivity index (χ3v) is 5.79. The van der Waals surface area contributed by atoms with Gasteiger partial charge < -0.3 is 9.73 Å². The van der Waals surface area contributed by atoms with Crippen LogP contribution in [0.1, 0.15) is 60.3 Å². The van der Waals surface area contributed by atoms with E-state index < -0.39 is 24.1 Å². The van der Waals surface area contributed by atoms with Gasteiger partial charge in [-0.15, -0.1) is 0 Å². The summed E-state index contributed by atoms with van der Waals surface area (Å²) in [7, 11) is 0. The zero-order valence-corrected chi connectivity index (χ0v) is 17.3. The summed E-state index contributed by atoms with van der Waals surface area (Å²) in [6.07, 6.45) is 0.852. The molecule has 8 nitrogen and oxygen atoms in total. The van der Waals surface area contributed by atoms with Crippen molar-refractivity contribution in [3.05, 3.63) is 64.0 Å². The normalized spacial score (nSPS) is 15.0. The van der Waals surface area contributed by atoms with Gasteiger partial charge >= 0.3 is 5.76 Å². The molecular weight excluding hydrogens is 420 g/mol. The fourth-order valence-corrected chi connectivity index (χ4v) is 3.86. The second-order valence-electron chi connectivity index (χ2n) is 8.00. The van der Waals surface area contributed by atoms with Crippen LogP contribution in [0.5, 0.6) is 0 Å². The van der Waals surface area contributed by atoms with E-state index in [-0.39, 0.29) is 29.4 Å². The van der Waals surface area contributed by atoms with Gasteiger partial charge in [0.2, 0.25) is 0 Å². The maximum atomic E-state index is 13.6. The van der Waals surface area contributed by atoms with Crippen molar-refractivity contribution < 1.29 is 18.0 Å². The van der Waals surface area contributed by atoms with Crippen molar-refractivity contribution in [1.29, 1.82) is 0 Å². The summed E-state index contributed by atoms with van der Waals surface area (Å²) in [5.41, 5.74) is 1.63. The van der Waals surface area contributed by atoms with E-state index in [4.69, 9.17) is 4.42 Å². The Morgan fingerprint density at radius 2 is 2.09 bits per heavy atom. The van der Waals surface area contributed by atoms with E-state index in [0.717, 1.165) is 17.4 Å². The average molecular weight is 441 g/mol. The number of fused-ring (bicyclic) bond motifs is 2. The Balaban J connectivity index is 1.44. The van der Waals surface area contributed by atoms with E-state index in [2.05, 4.69) is 15.4 Å². The molecule has 0 spiro atoms. The fraction of sp³-hybridized carbons (Fsp3) is 0.364. The molecule has 0 aliphatic heterocycles. The highest BCUT2D eigenvalue weighted by Crippen LogP contribution is 2.40. The molecule has 1 amide bonds. The molecule has 1 N–H and O–H groups in total. The maximum absolute atomic E-state index is 13.6. The first-order chi connectivity index (χ1) is 15.5. The lowest BCUT2D eigenvalue weighted by Crippen LogP contribution is -2.39.